The van der Waals surface area contributed by atoms with Gasteiger partial charge in [0.05, 0.1) is 11.4 Å². The number of amides is 1. The zero-order valence-corrected chi connectivity index (χ0v) is 16.1. The first-order valence-electron chi connectivity index (χ1n) is 8.60. The molecule has 1 amide bonds. The standard InChI is InChI=1S/C20H15N5O3S/c1-12-5-4-6-13(9-12)25-17(27)10-16(26)18(24-25)19(28)23-20-22-15(11-29-20)14-7-2-3-8-21-14/h2-11,26H,1H3,(H,22,23,28). The Morgan fingerprint density at radius 3 is 2.76 bits per heavy atom. The minimum Gasteiger partial charge on any atom is -0.505 e. The summed E-state index contributed by atoms with van der Waals surface area (Å²) in [5.74, 6) is -1.18. The average molecular weight is 405 g/mol. The summed E-state index contributed by atoms with van der Waals surface area (Å²) in [4.78, 5) is 33.4. The van der Waals surface area contributed by atoms with Gasteiger partial charge in [0.15, 0.2) is 16.6 Å². The van der Waals surface area contributed by atoms with Gasteiger partial charge in [-0.05, 0) is 36.8 Å². The summed E-state index contributed by atoms with van der Waals surface area (Å²) in [5, 5.41) is 18.8. The van der Waals surface area contributed by atoms with E-state index in [9.17, 15) is 14.7 Å². The number of hydrogen-bond acceptors (Lipinski definition) is 7. The van der Waals surface area contributed by atoms with Crippen LogP contribution in [0.3, 0.4) is 0 Å². The quantitative estimate of drug-likeness (QED) is 0.540. The number of nitrogens with zero attached hydrogens (tertiary/aromatic N) is 4. The molecule has 3 heterocycles. The lowest BCUT2D eigenvalue weighted by Crippen LogP contribution is -2.25. The maximum Gasteiger partial charge on any atom is 0.281 e. The normalized spacial score (nSPS) is 10.7. The Morgan fingerprint density at radius 2 is 2.00 bits per heavy atom. The molecular formula is C20H15N5O3S. The number of aromatic nitrogens is 4. The highest BCUT2D eigenvalue weighted by atomic mass is 32.1. The lowest BCUT2D eigenvalue weighted by molar-refractivity contribution is 0.101. The van der Waals surface area contributed by atoms with Crippen molar-refractivity contribution in [2.24, 2.45) is 0 Å². The van der Waals surface area contributed by atoms with Crippen LogP contribution in [0.1, 0.15) is 16.1 Å². The number of thiazole rings is 1. The first-order valence-corrected chi connectivity index (χ1v) is 9.48. The summed E-state index contributed by atoms with van der Waals surface area (Å²) in [7, 11) is 0. The molecular weight excluding hydrogens is 390 g/mol. The summed E-state index contributed by atoms with van der Waals surface area (Å²) < 4.78 is 1.07. The largest absolute Gasteiger partial charge is 0.505 e. The lowest BCUT2D eigenvalue weighted by atomic mass is 10.2. The van der Waals surface area contributed by atoms with Crippen molar-refractivity contribution in [3.8, 4) is 22.8 Å². The maximum absolute atomic E-state index is 12.6. The number of aromatic hydroxyl groups is 1. The summed E-state index contributed by atoms with van der Waals surface area (Å²) in [6, 6.07) is 13.5. The van der Waals surface area contributed by atoms with Gasteiger partial charge in [-0.25, -0.2) is 4.98 Å². The SMILES string of the molecule is Cc1cccc(-n2nc(C(=O)Nc3nc(-c4ccccn4)cs3)c(O)cc2=O)c1. The van der Waals surface area contributed by atoms with Crippen molar-refractivity contribution in [3.05, 3.63) is 81.7 Å². The molecule has 0 bridgehead atoms. The van der Waals surface area contributed by atoms with E-state index in [1.807, 2.05) is 25.1 Å². The van der Waals surface area contributed by atoms with Crippen LogP contribution in [0.25, 0.3) is 17.1 Å². The molecule has 29 heavy (non-hydrogen) atoms. The van der Waals surface area contributed by atoms with Gasteiger partial charge in [0, 0.05) is 17.6 Å². The first-order chi connectivity index (χ1) is 14.0. The van der Waals surface area contributed by atoms with Crippen LogP contribution < -0.4 is 10.9 Å². The van der Waals surface area contributed by atoms with Crippen molar-refractivity contribution < 1.29 is 9.90 Å². The molecule has 8 nitrogen and oxygen atoms in total. The number of anilines is 1. The number of pyridine rings is 1. The smallest absolute Gasteiger partial charge is 0.281 e. The fraction of sp³-hybridized carbons (Fsp3) is 0.0500. The molecule has 0 aliphatic heterocycles. The van der Waals surface area contributed by atoms with E-state index >= 15 is 0 Å². The van der Waals surface area contributed by atoms with Crippen molar-refractivity contribution in [2.45, 2.75) is 6.92 Å². The maximum atomic E-state index is 12.6. The zero-order valence-electron chi connectivity index (χ0n) is 15.2. The van der Waals surface area contributed by atoms with Crippen molar-refractivity contribution in [1.29, 1.82) is 0 Å². The highest BCUT2D eigenvalue weighted by molar-refractivity contribution is 7.14. The van der Waals surface area contributed by atoms with Crippen molar-refractivity contribution in [2.75, 3.05) is 5.32 Å². The third kappa shape index (κ3) is 3.90. The minimum atomic E-state index is -0.675. The van der Waals surface area contributed by atoms with Crippen LogP contribution >= 0.6 is 11.3 Å². The molecule has 0 spiro atoms. The highest BCUT2D eigenvalue weighted by Crippen LogP contribution is 2.24. The van der Waals surface area contributed by atoms with Crippen LogP contribution in [0.5, 0.6) is 5.75 Å². The molecule has 4 aromatic rings. The van der Waals surface area contributed by atoms with E-state index in [2.05, 4.69) is 20.4 Å². The van der Waals surface area contributed by atoms with E-state index in [4.69, 9.17) is 0 Å². The van der Waals surface area contributed by atoms with Crippen molar-refractivity contribution in [1.82, 2.24) is 19.7 Å². The van der Waals surface area contributed by atoms with Crippen LogP contribution in [-0.4, -0.2) is 30.8 Å². The van der Waals surface area contributed by atoms with Gasteiger partial charge in [0.2, 0.25) is 0 Å². The molecule has 0 atom stereocenters. The molecule has 0 unspecified atom stereocenters. The van der Waals surface area contributed by atoms with Crippen molar-refractivity contribution in [3.63, 3.8) is 0 Å². The van der Waals surface area contributed by atoms with Gasteiger partial charge < -0.3 is 5.11 Å². The third-order valence-electron chi connectivity index (χ3n) is 4.02. The Labute approximate surface area is 169 Å². The van der Waals surface area contributed by atoms with Gasteiger partial charge in [0.25, 0.3) is 11.5 Å². The molecule has 0 saturated carbocycles. The van der Waals surface area contributed by atoms with E-state index in [-0.39, 0.29) is 5.69 Å². The van der Waals surface area contributed by atoms with Crippen LogP contribution in [-0.2, 0) is 0 Å². The Hall–Kier alpha value is -3.85. The number of carbonyl (C=O) groups excluding carboxylic acids is 1. The topological polar surface area (TPSA) is 110 Å². The predicted octanol–water partition coefficient (Wildman–Crippen LogP) is 3.02. The van der Waals surface area contributed by atoms with E-state index in [0.717, 1.165) is 16.3 Å². The number of benzene rings is 1. The summed E-state index contributed by atoms with van der Waals surface area (Å²) >= 11 is 1.22. The van der Waals surface area contributed by atoms with E-state index < -0.39 is 17.2 Å². The molecule has 0 saturated heterocycles. The minimum absolute atomic E-state index is 0.277. The average Bonchev–Trinajstić information content (AvgIpc) is 3.17. The van der Waals surface area contributed by atoms with Gasteiger partial charge in [-0.15, -0.1) is 11.3 Å². The summed E-state index contributed by atoms with van der Waals surface area (Å²) in [6.07, 6.45) is 1.66. The summed E-state index contributed by atoms with van der Waals surface area (Å²) in [5.41, 5.74) is 1.90. The lowest BCUT2D eigenvalue weighted by Gasteiger charge is -2.09. The third-order valence-corrected chi connectivity index (χ3v) is 4.78. The Morgan fingerprint density at radius 1 is 1.14 bits per heavy atom. The molecule has 144 valence electrons. The van der Waals surface area contributed by atoms with Gasteiger partial charge in [0.1, 0.15) is 5.69 Å². The van der Waals surface area contributed by atoms with Gasteiger partial charge in [-0.3, -0.25) is 19.9 Å². The molecule has 0 radical (unpaired) electrons. The second-order valence-electron chi connectivity index (χ2n) is 6.17. The van der Waals surface area contributed by atoms with Crippen LogP contribution in [0.15, 0.2) is 64.9 Å². The van der Waals surface area contributed by atoms with Gasteiger partial charge in [-0.2, -0.15) is 9.78 Å². The number of hydrogen-bond donors (Lipinski definition) is 2. The summed E-state index contributed by atoms with van der Waals surface area (Å²) in [6.45, 7) is 1.88. The Bertz CT molecular complexity index is 1250. The van der Waals surface area contributed by atoms with Gasteiger partial charge >= 0.3 is 0 Å². The number of rotatable bonds is 4. The van der Waals surface area contributed by atoms with E-state index in [0.29, 0.717) is 22.2 Å². The highest BCUT2D eigenvalue weighted by Gasteiger charge is 2.18. The Kier molecular flexibility index (Phi) is 4.88. The number of nitrogens with one attached hydrogen (secondary N) is 1. The zero-order chi connectivity index (χ0) is 20.4. The molecule has 0 aliphatic carbocycles. The van der Waals surface area contributed by atoms with E-state index in [1.54, 1.807) is 35.8 Å². The molecule has 3 aromatic heterocycles. The fourth-order valence-electron chi connectivity index (χ4n) is 2.67. The van der Waals surface area contributed by atoms with Gasteiger partial charge in [-0.1, -0.05) is 18.2 Å². The Balaban J connectivity index is 1.63. The molecule has 1 aromatic carbocycles. The van der Waals surface area contributed by atoms with Crippen LogP contribution in [0, 0.1) is 6.92 Å². The molecule has 9 heteroatoms. The first kappa shape index (κ1) is 18.5. The second kappa shape index (κ2) is 7.64. The second-order valence-corrected chi connectivity index (χ2v) is 7.03. The van der Waals surface area contributed by atoms with Crippen LogP contribution in [0.2, 0.25) is 0 Å². The number of aryl methyl sites for hydroxylation is 1. The van der Waals surface area contributed by atoms with E-state index in [1.165, 1.54) is 11.3 Å². The molecule has 0 aliphatic rings. The molecule has 0 fully saturated rings. The molecule has 2 N–H and O–H groups in total. The van der Waals surface area contributed by atoms with Crippen LogP contribution in [0.4, 0.5) is 5.13 Å². The fourth-order valence-corrected chi connectivity index (χ4v) is 3.37. The molecule has 4 rings (SSSR count). The predicted molar refractivity (Wildman–Crippen MR) is 110 cm³/mol. The monoisotopic (exact) mass is 405 g/mol. The van der Waals surface area contributed by atoms with Crippen molar-refractivity contribution >= 4 is 22.4 Å². The number of carbonyl (C=O) groups is 1.